The van der Waals surface area contributed by atoms with E-state index in [2.05, 4.69) is 47.2 Å². The van der Waals surface area contributed by atoms with E-state index in [1.807, 2.05) is 13.0 Å². The summed E-state index contributed by atoms with van der Waals surface area (Å²) in [6.45, 7) is 7.35. The van der Waals surface area contributed by atoms with Crippen molar-refractivity contribution in [1.82, 2.24) is 5.32 Å². The largest absolute Gasteiger partial charge is 0.309 e. The molecule has 1 atom stereocenters. The third kappa shape index (κ3) is 3.48. The second-order valence-corrected chi connectivity index (χ2v) is 6.93. The molecule has 4 heteroatoms. The van der Waals surface area contributed by atoms with E-state index >= 15 is 0 Å². The Morgan fingerprint density at radius 3 is 2.80 bits per heavy atom. The zero-order valence-corrected chi connectivity index (χ0v) is 14.4. The number of benzene rings is 1. The predicted molar refractivity (Wildman–Crippen MR) is 88.9 cm³/mol. The Kier molecular flexibility index (Phi) is 5.35. The van der Waals surface area contributed by atoms with Crippen LogP contribution in [0.25, 0.3) is 10.4 Å². The quantitative estimate of drug-likeness (QED) is 0.726. The van der Waals surface area contributed by atoms with Gasteiger partial charge in [0.05, 0.1) is 4.47 Å². The Balaban J connectivity index is 2.27. The summed E-state index contributed by atoms with van der Waals surface area (Å²) < 4.78 is 14.2. The van der Waals surface area contributed by atoms with Gasteiger partial charge in [0.2, 0.25) is 0 Å². The molecular formula is C16H19BrFNS. The highest BCUT2D eigenvalue weighted by atomic mass is 79.9. The topological polar surface area (TPSA) is 12.0 Å². The van der Waals surface area contributed by atoms with E-state index in [1.165, 1.54) is 4.88 Å². The van der Waals surface area contributed by atoms with Crippen molar-refractivity contribution >= 4 is 27.3 Å². The van der Waals surface area contributed by atoms with Crippen molar-refractivity contribution in [2.75, 3.05) is 6.54 Å². The number of hydrogen-bond donors (Lipinski definition) is 1. The van der Waals surface area contributed by atoms with Gasteiger partial charge in [0.25, 0.3) is 0 Å². The lowest BCUT2D eigenvalue weighted by Crippen LogP contribution is -2.18. The van der Waals surface area contributed by atoms with Gasteiger partial charge in [-0.15, -0.1) is 11.3 Å². The normalized spacial score (nSPS) is 12.7. The van der Waals surface area contributed by atoms with Crippen LogP contribution in [-0.2, 0) is 0 Å². The molecule has 0 spiro atoms. The van der Waals surface area contributed by atoms with Crippen molar-refractivity contribution < 1.29 is 4.39 Å². The highest BCUT2D eigenvalue weighted by molar-refractivity contribution is 9.10. The molecule has 108 valence electrons. The van der Waals surface area contributed by atoms with Gasteiger partial charge in [-0.2, -0.15) is 0 Å². The molecular weight excluding hydrogens is 337 g/mol. The van der Waals surface area contributed by atoms with Gasteiger partial charge in [0, 0.05) is 15.8 Å². The number of halogens is 2. The smallest absolute Gasteiger partial charge is 0.138 e. The monoisotopic (exact) mass is 355 g/mol. The Hall–Kier alpha value is -0.710. The van der Waals surface area contributed by atoms with Crippen LogP contribution in [0.2, 0.25) is 0 Å². The summed E-state index contributed by atoms with van der Waals surface area (Å²) in [5.74, 6) is -0.210. The highest BCUT2D eigenvalue weighted by Gasteiger charge is 2.12. The molecule has 1 nitrogen and oxygen atoms in total. The fraction of sp³-hybridized carbons (Fsp3) is 0.375. The van der Waals surface area contributed by atoms with E-state index < -0.39 is 0 Å². The van der Waals surface area contributed by atoms with Crippen molar-refractivity contribution in [1.29, 1.82) is 0 Å². The minimum Gasteiger partial charge on any atom is -0.309 e. The molecule has 1 N–H and O–H groups in total. The first-order valence-electron chi connectivity index (χ1n) is 6.82. The Bertz CT molecular complexity index is 594. The third-order valence-corrected chi connectivity index (χ3v) is 5.20. The molecule has 1 aromatic carbocycles. The number of nitrogens with one attached hydrogen (secondary N) is 1. The molecule has 0 fully saturated rings. The van der Waals surface area contributed by atoms with Crippen LogP contribution in [0.4, 0.5) is 4.39 Å². The summed E-state index contributed by atoms with van der Waals surface area (Å²) in [7, 11) is 0. The second kappa shape index (κ2) is 6.83. The first kappa shape index (κ1) is 15.7. The van der Waals surface area contributed by atoms with Crippen LogP contribution in [0.3, 0.4) is 0 Å². The fourth-order valence-corrected chi connectivity index (χ4v) is 3.68. The molecule has 2 rings (SSSR count). The molecule has 0 radical (unpaired) electrons. The lowest BCUT2D eigenvalue weighted by molar-refractivity contribution is 0.578. The number of aryl methyl sites for hydroxylation is 1. The summed E-state index contributed by atoms with van der Waals surface area (Å²) in [4.78, 5) is 2.41. The molecule has 0 amide bonds. The number of hydrogen-bond acceptors (Lipinski definition) is 2. The molecule has 0 aliphatic carbocycles. The van der Waals surface area contributed by atoms with Crippen molar-refractivity contribution in [3.8, 4) is 10.4 Å². The van der Waals surface area contributed by atoms with Gasteiger partial charge in [-0.1, -0.05) is 6.92 Å². The van der Waals surface area contributed by atoms with Crippen molar-refractivity contribution in [3.05, 3.63) is 45.0 Å². The zero-order valence-electron chi connectivity index (χ0n) is 12.0. The van der Waals surface area contributed by atoms with Gasteiger partial charge in [0.1, 0.15) is 5.82 Å². The lowest BCUT2D eigenvalue weighted by Gasteiger charge is -2.10. The maximum Gasteiger partial charge on any atom is 0.138 e. The summed E-state index contributed by atoms with van der Waals surface area (Å²) in [5, 5.41) is 3.48. The number of rotatable bonds is 5. The van der Waals surface area contributed by atoms with E-state index in [0.717, 1.165) is 29.0 Å². The fourth-order valence-electron chi connectivity index (χ4n) is 2.10. The Morgan fingerprint density at radius 1 is 1.35 bits per heavy atom. The van der Waals surface area contributed by atoms with E-state index in [-0.39, 0.29) is 5.82 Å². The molecule has 0 aliphatic rings. The SMILES string of the molecule is CCCNC(C)c1ccc(-c2cc(F)c(Br)cc2C)s1. The summed E-state index contributed by atoms with van der Waals surface area (Å²) in [6.07, 6.45) is 1.12. The van der Waals surface area contributed by atoms with Crippen LogP contribution in [0.5, 0.6) is 0 Å². The first-order valence-corrected chi connectivity index (χ1v) is 8.43. The van der Waals surface area contributed by atoms with Gasteiger partial charge in [-0.05, 0) is 78.1 Å². The third-order valence-electron chi connectivity index (χ3n) is 3.29. The summed E-state index contributed by atoms with van der Waals surface area (Å²) in [5.41, 5.74) is 2.06. The maximum absolute atomic E-state index is 13.7. The Labute approximate surface area is 132 Å². The molecule has 2 aromatic rings. The molecule has 0 saturated heterocycles. The molecule has 0 saturated carbocycles. The minimum absolute atomic E-state index is 0.210. The van der Waals surface area contributed by atoms with Crippen LogP contribution in [-0.4, -0.2) is 6.54 Å². The van der Waals surface area contributed by atoms with Crippen molar-refractivity contribution in [2.24, 2.45) is 0 Å². The van der Waals surface area contributed by atoms with E-state index in [4.69, 9.17) is 0 Å². The van der Waals surface area contributed by atoms with Crippen LogP contribution in [0.15, 0.2) is 28.7 Å². The summed E-state index contributed by atoms with van der Waals surface area (Å²) >= 11 is 4.96. The van der Waals surface area contributed by atoms with Crippen LogP contribution < -0.4 is 5.32 Å². The molecule has 0 aliphatic heterocycles. The number of thiophene rings is 1. The van der Waals surface area contributed by atoms with Gasteiger partial charge in [-0.3, -0.25) is 0 Å². The van der Waals surface area contributed by atoms with Crippen molar-refractivity contribution in [3.63, 3.8) is 0 Å². The second-order valence-electron chi connectivity index (χ2n) is 4.96. The van der Waals surface area contributed by atoms with Gasteiger partial charge < -0.3 is 5.32 Å². The van der Waals surface area contributed by atoms with E-state index in [0.29, 0.717) is 10.5 Å². The van der Waals surface area contributed by atoms with Gasteiger partial charge >= 0.3 is 0 Å². The molecule has 20 heavy (non-hydrogen) atoms. The maximum atomic E-state index is 13.7. The standard InChI is InChI=1S/C16H19BrFNS/c1-4-7-19-11(3)15-5-6-16(20-15)12-9-14(18)13(17)8-10(12)2/h5-6,8-9,11,19H,4,7H2,1-3H3. The highest BCUT2D eigenvalue weighted by Crippen LogP contribution is 2.35. The van der Waals surface area contributed by atoms with Gasteiger partial charge in [-0.25, -0.2) is 4.39 Å². The van der Waals surface area contributed by atoms with Gasteiger partial charge in [0.15, 0.2) is 0 Å². The lowest BCUT2D eigenvalue weighted by atomic mass is 10.1. The average Bonchev–Trinajstić information content (AvgIpc) is 2.89. The zero-order chi connectivity index (χ0) is 14.7. The first-order chi connectivity index (χ1) is 9.52. The average molecular weight is 356 g/mol. The predicted octanol–water partition coefficient (Wildman–Crippen LogP) is 5.69. The van der Waals surface area contributed by atoms with Crippen LogP contribution in [0.1, 0.15) is 36.8 Å². The van der Waals surface area contributed by atoms with E-state index in [1.54, 1.807) is 17.4 Å². The van der Waals surface area contributed by atoms with E-state index in [9.17, 15) is 4.39 Å². The van der Waals surface area contributed by atoms with Crippen LogP contribution in [0, 0.1) is 12.7 Å². The molecule has 1 heterocycles. The minimum atomic E-state index is -0.210. The van der Waals surface area contributed by atoms with Crippen molar-refractivity contribution in [2.45, 2.75) is 33.2 Å². The summed E-state index contributed by atoms with van der Waals surface area (Å²) in [6, 6.07) is 8.00. The Morgan fingerprint density at radius 2 is 2.10 bits per heavy atom. The molecule has 0 bridgehead atoms. The molecule has 1 unspecified atom stereocenters. The molecule has 1 aromatic heterocycles. The van der Waals surface area contributed by atoms with Crippen LogP contribution >= 0.6 is 27.3 Å².